The molecule has 1 aliphatic rings. The van der Waals surface area contributed by atoms with Gasteiger partial charge in [-0.1, -0.05) is 20.8 Å². The van der Waals surface area contributed by atoms with Crippen molar-refractivity contribution in [3.05, 3.63) is 11.8 Å². The predicted octanol–water partition coefficient (Wildman–Crippen LogP) is 1.38. The van der Waals surface area contributed by atoms with Crippen LogP contribution in [0.3, 0.4) is 0 Å². The summed E-state index contributed by atoms with van der Waals surface area (Å²) in [6, 6.07) is 0. The number of rotatable bonds is 1. The standard InChI is InChI=1S/C11H16O5/c1-7-6-8(12)16-11(15-7,9(13)14-5)10(2,3)4/h6H,1-5H3. The Morgan fingerprint density at radius 1 is 1.38 bits per heavy atom. The zero-order valence-corrected chi connectivity index (χ0v) is 10.1. The molecule has 0 saturated carbocycles. The Kier molecular flexibility index (Phi) is 2.99. The second-order valence-electron chi connectivity index (χ2n) is 4.64. The minimum Gasteiger partial charge on any atom is -0.463 e. The molecule has 1 rings (SSSR count). The van der Waals surface area contributed by atoms with Crippen LogP contribution in [0.25, 0.3) is 0 Å². The molecule has 0 bridgehead atoms. The van der Waals surface area contributed by atoms with Crippen molar-refractivity contribution in [2.24, 2.45) is 5.41 Å². The molecular weight excluding hydrogens is 212 g/mol. The highest BCUT2D eigenvalue weighted by Gasteiger charge is 2.58. The first kappa shape index (κ1) is 12.5. The van der Waals surface area contributed by atoms with Crippen LogP contribution in [0.15, 0.2) is 11.8 Å². The highest BCUT2D eigenvalue weighted by atomic mass is 16.8. The monoisotopic (exact) mass is 228 g/mol. The Morgan fingerprint density at radius 2 is 1.94 bits per heavy atom. The van der Waals surface area contributed by atoms with Crippen molar-refractivity contribution in [1.29, 1.82) is 0 Å². The Bertz CT molecular complexity index is 350. The van der Waals surface area contributed by atoms with Crippen LogP contribution in [-0.4, -0.2) is 24.8 Å². The van der Waals surface area contributed by atoms with Gasteiger partial charge in [-0.2, -0.15) is 0 Å². The van der Waals surface area contributed by atoms with Crippen LogP contribution in [0.5, 0.6) is 0 Å². The largest absolute Gasteiger partial charge is 0.463 e. The summed E-state index contributed by atoms with van der Waals surface area (Å²) in [5.74, 6) is -2.71. The molecule has 1 atom stereocenters. The van der Waals surface area contributed by atoms with E-state index in [2.05, 4.69) is 4.74 Å². The molecular formula is C11H16O5. The third-order valence-electron chi connectivity index (χ3n) is 2.31. The highest BCUT2D eigenvalue weighted by Crippen LogP contribution is 2.39. The molecule has 0 saturated heterocycles. The first-order valence-corrected chi connectivity index (χ1v) is 4.91. The Balaban J connectivity index is 3.23. The quantitative estimate of drug-likeness (QED) is 0.634. The van der Waals surface area contributed by atoms with Gasteiger partial charge in [0, 0.05) is 0 Å². The molecule has 0 spiro atoms. The number of carbonyl (C=O) groups is 2. The third-order valence-corrected chi connectivity index (χ3v) is 2.31. The lowest BCUT2D eigenvalue weighted by Crippen LogP contribution is -2.57. The normalized spacial score (nSPS) is 25.3. The lowest BCUT2D eigenvalue weighted by molar-refractivity contribution is -0.265. The van der Waals surface area contributed by atoms with Gasteiger partial charge in [-0.25, -0.2) is 9.59 Å². The molecule has 0 aromatic rings. The molecule has 1 unspecified atom stereocenters. The lowest BCUT2D eigenvalue weighted by Gasteiger charge is -2.41. The van der Waals surface area contributed by atoms with Gasteiger partial charge in [0.2, 0.25) is 0 Å². The molecule has 0 N–H and O–H groups in total. The topological polar surface area (TPSA) is 61.8 Å². The summed E-state index contributed by atoms with van der Waals surface area (Å²) in [5.41, 5.74) is -0.731. The van der Waals surface area contributed by atoms with Crippen molar-refractivity contribution in [3.63, 3.8) is 0 Å². The van der Waals surface area contributed by atoms with Gasteiger partial charge in [0.05, 0.1) is 18.6 Å². The van der Waals surface area contributed by atoms with Crippen LogP contribution in [0.4, 0.5) is 0 Å². The number of hydrogen-bond acceptors (Lipinski definition) is 5. The van der Waals surface area contributed by atoms with Gasteiger partial charge in [-0.15, -0.1) is 0 Å². The molecule has 0 amide bonds. The fourth-order valence-electron chi connectivity index (χ4n) is 1.44. The fourth-order valence-corrected chi connectivity index (χ4v) is 1.44. The summed E-state index contributed by atoms with van der Waals surface area (Å²) in [6.07, 6.45) is 1.19. The SMILES string of the molecule is COC(=O)C1(C(C)(C)C)OC(=O)C=C(C)O1. The average molecular weight is 228 g/mol. The van der Waals surface area contributed by atoms with Crippen molar-refractivity contribution in [2.45, 2.75) is 33.5 Å². The van der Waals surface area contributed by atoms with Gasteiger partial charge in [0.25, 0.3) is 0 Å². The van der Waals surface area contributed by atoms with Crippen molar-refractivity contribution in [2.75, 3.05) is 7.11 Å². The number of hydrogen-bond donors (Lipinski definition) is 0. The number of ether oxygens (including phenoxy) is 3. The van der Waals surface area contributed by atoms with Gasteiger partial charge in [0.1, 0.15) is 5.76 Å². The summed E-state index contributed by atoms with van der Waals surface area (Å²) in [5, 5.41) is 0. The molecule has 1 aliphatic heterocycles. The highest BCUT2D eigenvalue weighted by molar-refractivity contribution is 5.89. The van der Waals surface area contributed by atoms with Gasteiger partial charge in [0.15, 0.2) is 0 Å². The van der Waals surface area contributed by atoms with E-state index in [1.54, 1.807) is 27.7 Å². The number of methoxy groups -OCH3 is 1. The van der Waals surface area contributed by atoms with Crippen LogP contribution >= 0.6 is 0 Å². The predicted molar refractivity (Wildman–Crippen MR) is 55.1 cm³/mol. The molecule has 0 fully saturated rings. The van der Waals surface area contributed by atoms with Crippen molar-refractivity contribution in [3.8, 4) is 0 Å². The molecule has 0 aliphatic carbocycles. The summed E-state index contributed by atoms with van der Waals surface area (Å²) in [7, 11) is 1.22. The smallest absolute Gasteiger partial charge is 0.393 e. The van der Waals surface area contributed by atoms with Crippen molar-refractivity contribution >= 4 is 11.9 Å². The Morgan fingerprint density at radius 3 is 2.31 bits per heavy atom. The first-order chi connectivity index (χ1) is 7.23. The Labute approximate surface area is 94.4 Å². The minimum absolute atomic E-state index is 0.330. The summed E-state index contributed by atoms with van der Waals surface area (Å²) in [6.45, 7) is 6.78. The first-order valence-electron chi connectivity index (χ1n) is 4.91. The number of allylic oxidation sites excluding steroid dienone is 1. The summed E-state index contributed by atoms with van der Waals surface area (Å²) < 4.78 is 15.1. The number of esters is 2. The second-order valence-corrected chi connectivity index (χ2v) is 4.64. The summed E-state index contributed by atoms with van der Waals surface area (Å²) in [4.78, 5) is 23.1. The molecule has 5 heteroatoms. The van der Waals surface area contributed by atoms with E-state index in [-0.39, 0.29) is 0 Å². The molecule has 5 nitrogen and oxygen atoms in total. The average Bonchev–Trinajstić information content (AvgIpc) is 2.13. The molecule has 90 valence electrons. The van der Waals surface area contributed by atoms with Crippen LogP contribution in [0.2, 0.25) is 0 Å². The lowest BCUT2D eigenvalue weighted by atomic mass is 9.84. The molecule has 0 aromatic heterocycles. The van der Waals surface area contributed by atoms with Gasteiger partial charge in [-0.05, 0) is 6.92 Å². The van der Waals surface area contributed by atoms with Gasteiger partial charge in [-0.3, -0.25) is 0 Å². The maximum atomic E-state index is 11.8. The van der Waals surface area contributed by atoms with E-state index in [0.29, 0.717) is 5.76 Å². The zero-order valence-electron chi connectivity index (χ0n) is 10.1. The van der Waals surface area contributed by atoms with Crippen molar-refractivity contribution in [1.82, 2.24) is 0 Å². The van der Waals surface area contributed by atoms with Crippen LogP contribution in [-0.2, 0) is 23.8 Å². The van der Waals surface area contributed by atoms with E-state index in [1.165, 1.54) is 13.2 Å². The number of cyclic esters (lactones) is 1. The molecule has 0 radical (unpaired) electrons. The van der Waals surface area contributed by atoms with Crippen LogP contribution < -0.4 is 0 Å². The summed E-state index contributed by atoms with van der Waals surface area (Å²) >= 11 is 0. The van der Waals surface area contributed by atoms with Crippen molar-refractivity contribution < 1.29 is 23.8 Å². The molecule has 16 heavy (non-hydrogen) atoms. The zero-order chi connectivity index (χ0) is 12.6. The third kappa shape index (κ3) is 1.89. The van der Waals surface area contributed by atoms with E-state index < -0.39 is 23.1 Å². The van der Waals surface area contributed by atoms with E-state index in [0.717, 1.165) is 0 Å². The number of carbonyl (C=O) groups excluding carboxylic acids is 2. The second kappa shape index (κ2) is 3.81. The van der Waals surface area contributed by atoms with Crippen LogP contribution in [0, 0.1) is 5.41 Å². The molecule has 0 aromatic carbocycles. The van der Waals surface area contributed by atoms with E-state index in [4.69, 9.17) is 9.47 Å². The van der Waals surface area contributed by atoms with Crippen LogP contribution in [0.1, 0.15) is 27.7 Å². The fraction of sp³-hybridized carbons (Fsp3) is 0.636. The maximum absolute atomic E-state index is 11.8. The minimum atomic E-state index is -1.71. The van der Waals surface area contributed by atoms with E-state index in [1.807, 2.05) is 0 Å². The van der Waals surface area contributed by atoms with E-state index >= 15 is 0 Å². The van der Waals surface area contributed by atoms with E-state index in [9.17, 15) is 9.59 Å². The Hall–Kier alpha value is -1.52. The van der Waals surface area contributed by atoms with Gasteiger partial charge < -0.3 is 14.2 Å². The van der Waals surface area contributed by atoms with Gasteiger partial charge >= 0.3 is 17.7 Å². The maximum Gasteiger partial charge on any atom is 0.393 e. The molecule has 1 heterocycles.